The molecule has 0 aliphatic heterocycles. The number of hydrogen-bond acceptors (Lipinski definition) is 4. The van der Waals surface area contributed by atoms with E-state index in [-0.39, 0.29) is 11.5 Å². The van der Waals surface area contributed by atoms with Gasteiger partial charge in [-0.05, 0) is 12.1 Å². The summed E-state index contributed by atoms with van der Waals surface area (Å²) in [5.74, 6) is -4.68. The van der Waals surface area contributed by atoms with Crippen LogP contribution in [0.25, 0.3) is 11.4 Å². The fourth-order valence-electron chi connectivity index (χ4n) is 2.36. The van der Waals surface area contributed by atoms with Gasteiger partial charge in [-0.3, -0.25) is 4.79 Å². The molecular formula is C20H15F3N4O. The minimum atomic E-state index is -1.67. The number of amides is 1. The number of benzene rings is 2. The normalized spacial score (nSPS) is 10.4. The molecule has 0 aliphatic rings. The van der Waals surface area contributed by atoms with Gasteiger partial charge < -0.3 is 10.6 Å². The number of aromatic nitrogens is 2. The van der Waals surface area contributed by atoms with Gasteiger partial charge in [-0.1, -0.05) is 36.4 Å². The quantitative estimate of drug-likeness (QED) is 0.488. The van der Waals surface area contributed by atoms with Crippen molar-refractivity contribution in [1.82, 2.24) is 9.97 Å². The molecule has 28 heavy (non-hydrogen) atoms. The van der Waals surface area contributed by atoms with Crippen LogP contribution in [0.4, 0.5) is 24.7 Å². The molecule has 8 heteroatoms. The standard InChI is InChI=1S/C20H15F3N4O/c1-2-10-24-16-11-15(25-19(27-16)12-6-4-3-5-7-12)20(28)26-14-9-8-13(21)17(22)18(14)23/h2-9,11H,1,10H2,(H,26,28)(H,24,25,27). The van der Waals surface area contributed by atoms with Gasteiger partial charge in [-0.2, -0.15) is 0 Å². The maximum absolute atomic E-state index is 13.8. The Labute approximate surface area is 159 Å². The van der Waals surface area contributed by atoms with Gasteiger partial charge in [0.05, 0.1) is 5.69 Å². The lowest BCUT2D eigenvalue weighted by Crippen LogP contribution is -2.17. The van der Waals surface area contributed by atoms with Crippen molar-refractivity contribution >= 4 is 17.4 Å². The molecule has 0 saturated carbocycles. The molecule has 1 amide bonds. The fraction of sp³-hybridized carbons (Fsp3) is 0.0500. The maximum Gasteiger partial charge on any atom is 0.274 e. The van der Waals surface area contributed by atoms with Crippen LogP contribution in [0.5, 0.6) is 0 Å². The van der Waals surface area contributed by atoms with Gasteiger partial charge in [0, 0.05) is 18.2 Å². The first-order valence-corrected chi connectivity index (χ1v) is 8.23. The van der Waals surface area contributed by atoms with Crippen LogP contribution in [0.15, 0.2) is 61.2 Å². The molecule has 0 aliphatic carbocycles. The molecule has 1 aromatic heterocycles. The molecule has 0 radical (unpaired) electrons. The van der Waals surface area contributed by atoms with Gasteiger partial charge in [-0.15, -0.1) is 6.58 Å². The number of rotatable bonds is 6. The van der Waals surface area contributed by atoms with E-state index in [4.69, 9.17) is 0 Å². The maximum atomic E-state index is 13.8. The van der Waals surface area contributed by atoms with Crippen molar-refractivity contribution in [1.29, 1.82) is 0 Å². The zero-order valence-electron chi connectivity index (χ0n) is 14.5. The monoisotopic (exact) mass is 384 g/mol. The number of nitrogens with one attached hydrogen (secondary N) is 2. The van der Waals surface area contributed by atoms with Crippen LogP contribution in [-0.2, 0) is 0 Å². The Bertz CT molecular complexity index is 1030. The Morgan fingerprint density at radius 2 is 1.79 bits per heavy atom. The second-order valence-electron chi connectivity index (χ2n) is 5.67. The average Bonchev–Trinajstić information content (AvgIpc) is 2.73. The van der Waals surface area contributed by atoms with Crippen LogP contribution < -0.4 is 10.6 Å². The molecule has 3 aromatic rings. The van der Waals surface area contributed by atoms with E-state index in [1.807, 2.05) is 6.07 Å². The highest BCUT2D eigenvalue weighted by atomic mass is 19.2. The van der Waals surface area contributed by atoms with Crippen LogP contribution in [0.2, 0.25) is 0 Å². The number of carbonyl (C=O) groups is 1. The Kier molecular flexibility index (Phi) is 5.69. The van der Waals surface area contributed by atoms with Crippen molar-refractivity contribution < 1.29 is 18.0 Å². The highest BCUT2D eigenvalue weighted by Gasteiger charge is 2.18. The Hall–Kier alpha value is -3.68. The number of carbonyl (C=O) groups excluding carboxylic acids is 1. The van der Waals surface area contributed by atoms with E-state index in [2.05, 4.69) is 27.2 Å². The molecular weight excluding hydrogens is 369 g/mol. The van der Waals surface area contributed by atoms with Gasteiger partial charge in [0.1, 0.15) is 11.5 Å². The van der Waals surface area contributed by atoms with Crippen molar-refractivity contribution in [2.75, 3.05) is 17.2 Å². The molecule has 2 aromatic carbocycles. The average molecular weight is 384 g/mol. The van der Waals surface area contributed by atoms with E-state index >= 15 is 0 Å². The lowest BCUT2D eigenvalue weighted by atomic mass is 10.2. The predicted octanol–water partition coefficient (Wildman–Crippen LogP) is 4.41. The van der Waals surface area contributed by atoms with E-state index in [0.717, 1.165) is 12.1 Å². The molecule has 3 rings (SSSR count). The predicted molar refractivity (Wildman–Crippen MR) is 100 cm³/mol. The lowest BCUT2D eigenvalue weighted by Gasteiger charge is -2.10. The Balaban J connectivity index is 1.96. The second kappa shape index (κ2) is 8.34. The van der Waals surface area contributed by atoms with Gasteiger partial charge in [-0.25, -0.2) is 23.1 Å². The van der Waals surface area contributed by atoms with Crippen molar-refractivity contribution in [3.8, 4) is 11.4 Å². The molecule has 0 fully saturated rings. The van der Waals surface area contributed by atoms with E-state index in [0.29, 0.717) is 17.9 Å². The van der Waals surface area contributed by atoms with Crippen LogP contribution in [-0.4, -0.2) is 22.4 Å². The van der Waals surface area contributed by atoms with Crippen LogP contribution in [0.3, 0.4) is 0 Å². The summed E-state index contributed by atoms with van der Waals surface area (Å²) in [6, 6.07) is 12.0. The van der Waals surface area contributed by atoms with Crippen LogP contribution in [0.1, 0.15) is 10.5 Å². The largest absolute Gasteiger partial charge is 0.366 e. The van der Waals surface area contributed by atoms with Crippen molar-refractivity contribution in [3.05, 3.63) is 84.3 Å². The fourth-order valence-corrected chi connectivity index (χ4v) is 2.36. The first-order chi connectivity index (χ1) is 13.5. The van der Waals surface area contributed by atoms with Crippen LogP contribution >= 0.6 is 0 Å². The zero-order valence-corrected chi connectivity index (χ0v) is 14.5. The van der Waals surface area contributed by atoms with Crippen molar-refractivity contribution in [2.24, 2.45) is 0 Å². The third kappa shape index (κ3) is 4.17. The molecule has 1 heterocycles. The topological polar surface area (TPSA) is 66.9 Å². The van der Waals surface area contributed by atoms with Gasteiger partial charge in [0.25, 0.3) is 5.91 Å². The summed E-state index contributed by atoms with van der Waals surface area (Å²) in [5, 5.41) is 5.16. The summed E-state index contributed by atoms with van der Waals surface area (Å²) in [7, 11) is 0. The number of anilines is 2. The summed E-state index contributed by atoms with van der Waals surface area (Å²) in [4.78, 5) is 21.1. The Morgan fingerprint density at radius 1 is 1.04 bits per heavy atom. The third-order valence-electron chi connectivity index (χ3n) is 3.70. The van der Waals surface area contributed by atoms with E-state index in [9.17, 15) is 18.0 Å². The van der Waals surface area contributed by atoms with E-state index < -0.39 is 29.0 Å². The van der Waals surface area contributed by atoms with Crippen LogP contribution in [0, 0.1) is 17.5 Å². The van der Waals surface area contributed by atoms with Crippen molar-refractivity contribution in [3.63, 3.8) is 0 Å². The van der Waals surface area contributed by atoms with Gasteiger partial charge in [0.2, 0.25) is 0 Å². The number of halogens is 3. The zero-order chi connectivity index (χ0) is 20.1. The molecule has 5 nitrogen and oxygen atoms in total. The van der Waals surface area contributed by atoms with Gasteiger partial charge in [0.15, 0.2) is 23.3 Å². The summed E-state index contributed by atoms with van der Waals surface area (Å²) < 4.78 is 40.3. The molecule has 2 N–H and O–H groups in total. The highest BCUT2D eigenvalue weighted by Crippen LogP contribution is 2.22. The van der Waals surface area contributed by atoms with E-state index in [1.54, 1.807) is 30.3 Å². The van der Waals surface area contributed by atoms with E-state index in [1.165, 1.54) is 6.07 Å². The minimum absolute atomic E-state index is 0.0791. The first-order valence-electron chi connectivity index (χ1n) is 8.23. The minimum Gasteiger partial charge on any atom is -0.366 e. The lowest BCUT2D eigenvalue weighted by molar-refractivity contribution is 0.102. The SMILES string of the molecule is C=CCNc1cc(C(=O)Nc2ccc(F)c(F)c2F)nc(-c2ccccc2)n1. The Morgan fingerprint density at radius 3 is 2.50 bits per heavy atom. The summed E-state index contributed by atoms with van der Waals surface area (Å²) >= 11 is 0. The number of nitrogens with zero attached hydrogens (tertiary/aromatic N) is 2. The second-order valence-corrected chi connectivity index (χ2v) is 5.67. The molecule has 0 spiro atoms. The summed E-state index contributed by atoms with van der Waals surface area (Å²) in [6.07, 6.45) is 1.61. The smallest absolute Gasteiger partial charge is 0.274 e. The first kappa shape index (κ1) is 19.1. The molecule has 0 bridgehead atoms. The summed E-state index contributed by atoms with van der Waals surface area (Å²) in [5.41, 5.74) is 0.0896. The number of hydrogen-bond donors (Lipinski definition) is 2. The third-order valence-corrected chi connectivity index (χ3v) is 3.70. The highest BCUT2D eigenvalue weighted by molar-refractivity contribution is 6.03. The molecule has 142 valence electrons. The molecule has 0 unspecified atom stereocenters. The summed E-state index contributed by atoms with van der Waals surface area (Å²) in [6.45, 7) is 3.99. The van der Waals surface area contributed by atoms with Gasteiger partial charge >= 0.3 is 0 Å². The molecule has 0 atom stereocenters. The van der Waals surface area contributed by atoms with Crippen molar-refractivity contribution in [2.45, 2.75) is 0 Å². The molecule has 0 saturated heterocycles.